The Labute approximate surface area is 120 Å². The van der Waals surface area contributed by atoms with Crippen molar-refractivity contribution >= 4 is 34.6 Å². The SMILES string of the molecule is CC(C=C(Cl)Cl)=CCOc1ccc(N)c([N+](=O)[O-])c1. The molecule has 0 aliphatic carbocycles. The van der Waals surface area contributed by atoms with Crippen molar-refractivity contribution < 1.29 is 9.66 Å². The predicted octanol–water partition coefficient (Wildman–Crippen LogP) is 3.82. The largest absolute Gasteiger partial charge is 0.489 e. The zero-order chi connectivity index (χ0) is 14.4. The summed E-state index contributed by atoms with van der Waals surface area (Å²) in [5, 5.41) is 10.7. The summed E-state index contributed by atoms with van der Waals surface area (Å²) < 4.78 is 5.50. The molecule has 0 spiro atoms. The van der Waals surface area contributed by atoms with Crippen LogP contribution in [-0.4, -0.2) is 11.5 Å². The molecule has 0 radical (unpaired) electrons. The number of benzene rings is 1. The molecule has 0 aliphatic heterocycles. The number of halogens is 2. The van der Waals surface area contributed by atoms with Crippen LogP contribution in [0.5, 0.6) is 5.75 Å². The third-order valence-electron chi connectivity index (χ3n) is 2.19. The fourth-order valence-corrected chi connectivity index (χ4v) is 1.62. The van der Waals surface area contributed by atoms with Gasteiger partial charge in [-0.2, -0.15) is 0 Å². The number of ether oxygens (including phenoxy) is 1. The van der Waals surface area contributed by atoms with Crippen molar-refractivity contribution in [3.8, 4) is 5.75 Å². The van der Waals surface area contributed by atoms with Crippen LogP contribution in [-0.2, 0) is 0 Å². The maximum Gasteiger partial charge on any atom is 0.295 e. The Morgan fingerprint density at radius 2 is 2.21 bits per heavy atom. The number of nitro groups is 1. The lowest BCUT2D eigenvalue weighted by Gasteiger charge is -2.04. The molecule has 0 amide bonds. The van der Waals surface area contributed by atoms with Crippen molar-refractivity contribution in [2.24, 2.45) is 0 Å². The highest BCUT2D eigenvalue weighted by atomic mass is 35.5. The average Bonchev–Trinajstić information content (AvgIpc) is 2.30. The van der Waals surface area contributed by atoms with Gasteiger partial charge >= 0.3 is 0 Å². The lowest BCUT2D eigenvalue weighted by Crippen LogP contribution is -1.98. The Bertz CT molecular complexity index is 538. The van der Waals surface area contributed by atoms with Gasteiger partial charge in [-0.25, -0.2) is 0 Å². The lowest BCUT2D eigenvalue weighted by atomic mass is 10.2. The van der Waals surface area contributed by atoms with Gasteiger partial charge in [0, 0.05) is 0 Å². The number of anilines is 1. The second-order valence-electron chi connectivity index (χ2n) is 3.67. The highest BCUT2D eigenvalue weighted by molar-refractivity contribution is 6.56. The number of rotatable bonds is 5. The monoisotopic (exact) mass is 302 g/mol. The summed E-state index contributed by atoms with van der Waals surface area (Å²) in [6.07, 6.45) is 3.31. The number of hydrogen-bond acceptors (Lipinski definition) is 4. The smallest absolute Gasteiger partial charge is 0.295 e. The summed E-state index contributed by atoms with van der Waals surface area (Å²) in [5.41, 5.74) is 6.22. The van der Waals surface area contributed by atoms with E-state index in [-0.39, 0.29) is 22.5 Å². The van der Waals surface area contributed by atoms with Gasteiger partial charge in [0.15, 0.2) is 0 Å². The predicted molar refractivity (Wildman–Crippen MR) is 76.5 cm³/mol. The van der Waals surface area contributed by atoms with Crippen molar-refractivity contribution in [1.82, 2.24) is 0 Å². The second kappa shape index (κ2) is 7.01. The molecule has 19 heavy (non-hydrogen) atoms. The Balaban J connectivity index is 2.72. The molecular formula is C12H12Cl2N2O3. The molecule has 0 aromatic heterocycles. The van der Waals surface area contributed by atoms with E-state index < -0.39 is 4.92 Å². The number of hydrogen-bond donors (Lipinski definition) is 1. The molecule has 0 unspecified atom stereocenters. The average molecular weight is 303 g/mol. The topological polar surface area (TPSA) is 78.4 Å². The third-order valence-corrected chi connectivity index (χ3v) is 2.41. The number of nitrogens with zero attached hydrogens (tertiary/aromatic N) is 1. The van der Waals surface area contributed by atoms with Gasteiger partial charge in [-0.1, -0.05) is 23.2 Å². The zero-order valence-electron chi connectivity index (χ0n) is 10.1. The first-order chi connectivity index (χ1) is 8.90. The molecule has 0 heterocycles. The molecule has 0 bridgehead atoms. The number of nitrogen functional groups attached to an aromatic ring is 1. The first kappa shape index (κ1) is 15.3. The van der Waals surface area contributed by atoms with E-state index in [9.17, 15) is 10.1 Å². The van der Waals surface area contributed by atoms with Gasteiger partial charge in [0.25, 0.3) is 5.69 Å². The molecule has 1 aromatic rings. The molecule has 1 aromatic carbocycles. The first-order valence-electron chi connectivity index (χ1n) is 5.26. The van der Waals surface area contributed by atoms with Crippen LogP contribution in [0.4, 0.5) is 11.4 Å². The second-order valence-corrected chi connectivity index (χ2v) is 4.68. The Hall–Kier alpha value is -1.72. The molecule has 0 fully saturated rings. The zero-order valence-corrected chi connectivity index (χ0v) is 11.6. The Morgan fingerprint density at radius 1 is 1.53 bits per heavy atom. The van der Waals surface area contributed by atoms with Crippen LogP contribution in [0.1, 0.15) is 6.92 Å². The minimum absolute atomic E-state index is 0.0981. The Morgan fingerprint density at radius 3 is 2.79 bits per heavy atom. The van der Waals surface area contributed by atoms with E-state index in [2.05, 4.69) is 0 Å². The molecule has 5 nitrogen and oxygen atoms in total. The van der Waals surface area contributed by atoms with Crippen molar-refractivity contribution in [2.45, 2.75) is 6.92 Å². The lowest BCUT2D eigenvalue weighted by molar-refractivity contribution is -0.384. The van der Waals surface area contributed by atoms with E-state index in [1.54, 1.807) is 25.1 Å². The van der Waals surface area contributed by atoms with Crippen LogP contribution in [0.15, 0.2) is 40.4 Å². The van der Waals surface area contributed by atoms with E-state index in [0.29, 0.717) is 5.75 Å². The molecular weight excluding hydrogens is 291 g/mol. The van der Waals surface area contributed by atoms with Crippen molar-refractivity contribution in [2.75, 3.05) is 12.3 Å². The van der Waals surface area contributed by atoms with E-state index in [4.69, 9.17) is 33.7 Å². The molecule has 0 saturated carbocycles. The van der Waals surface area contributed by atoms with Gasteiger partial charge in [0.05, 0.1) is 11.0 Å². The number of allylic oxidation sites excluding steroid dienone is 2. The van der Waals surface area contributed by atoms with Gasteiger partial charge in [0.2, 0.25) is 0 Å². The summed E-state index contributed by atoms with van der Waals surface area (Å²) >= 11 is 11.0. The minimum Gasteiger partial charge on any atom is -0.489 e. The van der Waals surface area contributed by atoms with E-state index in [0.717, 1.165) is 5.57 Å². The highest BCUT2D eigenvalue weighted by Crippen LogP contribution is 2.26. The summed E-state index contributed by atoms with van der Waals surface area (Å²) in [4.78, 5) is 10.1. The standard InChI is InChI=1S/C12H12Cl2N2O3/c1-8(6-12(13)14)4-5-19-9-2-3-10(15)11(7-9)16(17)18/h2-4,6-7H,5,15H2,1H3. The van der Waals surface area contributed by atoms with Crippen molar-refractivity contribution in [1.29, 1.82) is 0 Å². The van der Waals surface area contributed by atoms with Gasteiger partial charge < -0.3 is 10.5 Å². The summed E-state index contributed by atoms with van der Waals surface area (Å²) in [6.45, 7) is 2.05. The van der Waals surface area contributed by atoms with Gasteiger partial charge in [-0.3, -0.25) is 10.1 Å². The van der Waals surface area contributed by atoms with Crippen LogP contribution >= 0.6 is 23.2 Å². The third kappa shape index (κ3) is 5.19. The van der Waals surface area contributed by atoms with Gasteiger partial charge in [0.1, 0.15) is 22.5 Å². The molecule has 2 N–H and O–H groups in total. The normalized spacial score (nSPS) is 11.0. The van der Waals surface area contributed by atoms with Crippen molar-refractivity contribution in [3.63, 3.8) is 0 Å². The van der Waals surface area contributed by atoms with Gasteiger partial charge in [-0.05, 0) is 36.8 Å². The van der Waals surface area contributed by atoms with Crippen LogP contribution in [0, 0.1) is 10.1 Å². The molecule has 102 valence electrons. The maximum atomic E-state index is 10.7. The van der Waals surface area contributed by atoms with E-state index in [1.165, 1.54) is 12.1 Å². The Kier molecular flexibility index (Phi) is 5.66. The first-order valence-corrected chi connectivity index (χ1v) is 6.02. The van der Waals surface area contributed by atoms with Gasteiger partial charge in [-0.15, -0.1) is 0 Å². The summed E-state index contributed by atoms with van der Waals surface area (Å²) in [7, 11) is 0. The minimum atomic E-state index is -0.556. The van der Waals surface area contributed by atoms with Crippen LogP contribution in [0.3, 0.4) is 0 Å². The molecule has 0 atom stereocenters. The number of nitro benzene ring substituents is 1. The molecule has 0 aliphatic rings. The van der Waals surface area contributed by atoms with E-state index >= 15 is 0 Å². The van der Waals surface area contributed by atoms with Crippen LogP contribution < -0.4 is 10.5 Å². The van der Waals surface area contributed by atoms with Crippen LogP contribution in [0.25, 0.3) is 0 Å². The van der Waals surface area contributed by atoms with Crippen LogP contribution in [0.2, 0.25) is 0 Å². The quantitative estimate of drug-likeness (QED) is 0.388. The fraction of sp³-hybridized carbons (Fsp3) is 0.167. The van der Waals surface area contributed by atoms with Crippen molar-refractivity contribution in [3.05, 3.63) is 50.5 Å². The van der Waals surface area contributed by atoms with E-state index in [1.807, 2.05) is 0 Å². The summed E-state index contributed by atoms with van der Waals surface area (Å²) in [5.74, 6) is 0.367. The maximum absolute atomic E-state index is 10.7. The summed E-state index contributed by atoms with van der Waals surface area (Å²) in [6, 6.07) is 4.28. The highest BCUT2D eigenvalue weighted by Gasteiger charge is 2.12. The molecule has 7 heteroatoms. The molecule has 0 saturated heterocycles. The fourth-order valence-electron chi connectivity index (χ4n) is 1.27. The number of nitrogens with two attached hydrogens (primary N) is 1. The molecule has 1 rings (SSSR count).